The average molecular weight is 197 g/mol. The van der Waals surface area contributed by atoms with Crippen molar-refractivity contribution < 1.29 is 5.11 Å². The maximum Gasteiger partial charge on any atom is 0.0502 e. The zero-order valence-electron chi connectivity index (χ0n) is 9.34. The van der Waals surface area contributed by atoms with Gasteiger partial charge in [-0.25, -0.2) is 0 Å². The maximum atomic E-state index is 9.69. The van der Waals surface area contributed by atoms with Crippen LogP contribution in [-0.4, -0.2) is 36.8 Å². The summed E-state index contributed by atoms with van der Waals surface area (Å²) in [6, 6.07) is 0. The number of rotatable bonds is 2. The van der Waals surface area contributed by atoms with Gasteiger partial charge in [-0.1, -0.05) is 12.8 Å². The van der Waals surface area contributed by atoms with E-state index in [4.69, 9.17) is 0 Å². The smallest absolute Gasteiger partial charge is 0.0502 e. The van der Waals surface area contributed by atoms with Crippen molar-refractivity contribution in [3.05, 3.63) is 0 Å². The highest BCUT2D eigenvalue weighted by Gasteiger charge is 2.41. The second kappa shape index (κ2) is 4.19. The quantitative estimate of drug-likeness (QED) is 0.730. The van der Waals surface area contributed by atoms with Crippen LogP contribution in [-0.2, 0) is 0 Å². The highest BCUT2D eigenvalue weighted by Crippen LogP contribution is 2.44. The molecule has 2 nitrogen and oxygen atoms in total. The second-order valence-corrected chi connectivity index (χ2v) is 5.34. The first kappa shape index (κ1) is 10.4. The number of aliphatic hydroxyl groups is 1. The normalized spacial score (nSPS) is 36.4. The molecule has 82 valence electrons. The van der Waals surface area contributed by atoms with E-state index >= 15 is 0 Å². The van der Waals surface area contributed by atoms with Crippen molar-refractivity contribution in [2.75, 3.05) is 26.7 Å². The molecule has 0 aromatic heterocycles. The van der Waals surface area contributed by atoms with Crippen LogP contribution in [0.5, 0.6) is 0 Å². The van der Waals surface area contributed by atoms with E-state index < -0.39 is 0 Å². The summed E-state index contributed by atoms with van der Waals surface area (Å²) in [7, 11) is 2.19. The first-order chi connectivity index (χ1) is 6.77. The first-order valence-electron chi connectivity index (χ1n) is 6.06. The largest absolute Gasteiger partial charge is 0.396 e. The molecule has 2 fully saturated rings. The molecule has 1 aliphatic heterocycles. The second-order valence-electron chi connectivity index (χ2n) is 5.34. The van der Waals surface area contributed by atoms with Gasteiger partial charge in [0, 0.05) is 12.0 Å². The molecule has 1 aliphatic carbocycles. The fourth-order valence-corrected chi connectivity index (χ4v) is 3.53. The monoisotopic (exact) mass is 197 g/mol. The third-order valence-electron chi connectivity index (χ3n) is 4.34. The number of likely N-dealkylation sites (tertiary alicyclic amines) is 1. The molecular weight excluding hydrogens is 174 g/mol. The fourth-order valence-electron chi connectivity index (χ4n) is 3.53. The Hall–Kier alpha value is -0.0800. The van der Waals surface area contributed by atoms with Gasteiger partial charge in [0.25, 0.3) is 0 Å². The van der Waals surface area contributed by atoms with E-state index in [2.05, 4.69) is 11.9 Å². The molecule has 1 unspecified atom stereocenters. The van der Waals surface area contributed by atoms with Gasteiger partial charge in [0.05, 0.1) is 6.61 Å². The molecule has 2 heteroatoms. The van der Waals surface area contributed by atoms with Crippen molar-refractivity contribution in [2.45, 2.75) is 38.5 Å². The molecule has 0 bridgehead atoms. The number of piperidine rings is 1. The molecule has 0 amide bonds. The Kier molecular flexibility index (Phi) is 3.13. The van der Waals surface area contributed by atoms with Crippen molar-refractivity contribution in [3.63, 3.8) is 0 Å². The van der Waals surface area contributed by atoms with Crippen LogP contribution in [0.4, 0.5) is 0 Å². The summed E-state index contributed by atoms with van der Waals surface area (Å²) < 4.78 is 0. The predicted molar refractivity (Wildman–Crippen MR) is 58.2 cm³/mol. The molecule has 0 spiro atoms. The highest BCUT2D eigenvalue weighted by molar-refractivity contribution is 4.93. The van der Waals surface area contributed by atoms with E-state index in [1.807, 2.05) is 0 Å². The summed E-state index contributed by atoms with van der Waals surface area (Å²) in [5, 5.41) is 9.69. The third-order valence-corrected chi connectivity index (χ3v) is 4.34. The SMILES string of the molecule is CN1CCCC(CO)(C2CCCC2)C1. The summed E-state index contributed by atoms with van der Waals surface area (Å²) >= 11 is 0. The van der Waals surface area contributed by atoms with Crippen LogP contribution in [0.25, 0.3) is 0 Å². The first-order valence-corrected chi connectivity index (χ1v) is 6.06. The lowest BCUT2D eigenvalue weighted by Crippen LogP contribution is -2.47. The Balaban J connectivity index is 2.06. The minimum atomic E-state index is 0.253. The lowest BCUT2D eigenvalue weighted by Gasteiger charge is -2.44. The van der Waals surface area contributed by atoms with Gasteiger partial charge in [-0.3, -0.25) is 0 Å². The average Bonchev–Trinajstić information content (AvgIpc) is 2.71. The van der Waals surface area contributed by atoms with Crippen LogP contribution in [0, 0.1) is 11.3 Å². The molecule has 0 radical (unpaired) electrons. The molecular formula is C12H23NO. The van der Waals surface area contributed by atoms with Crippen molar-refractivity contribution >= 4 is 0 Å². The molecule has 2 rings (SSSR count). The van der Waals surface area contributed by atoms with Gasteiger partial charge in [-0.15, -0.1) is 0 Å². The van der Waals surface area contributed by atoms with Crippen molar-refractivity contribution in [3.8, 4) is 0 Å². The van der Waals surface area contributed by atoms with Crippen LogP contribution >= 0.6 is 0 Å². The van der Waals surface area contributed by atoms with Crippen molar-refractivity contribution in [1.29, 1.82) is 0 Å². The van der Waals surface area contributed by atoms with Crippen LogP contribution < -0.4 is 0 Å². The van der Waals surface area contributed by atoms with Crippen molar-refractivity contribution in [1.82, 2.24) is 4.90 Å². The van der Waals surface area contributed by atoms with E-state index in [9.17, 15) is 5.11 Å². The van der Waals surface area contributed by atoms with Crippen LogP contribution in [0.15, 0.2) is 0 Å². The minimum absolute atomic E-state index is 0.253. The Morgan fingerprint density at radius 2 is 2.00 bits per heavy atom. The standard InChI is InChI=1S/C12H23NO/c1-13-8-4-7-12(9-13,10-14)11-5-2-3-6-11/h11,14H,2-10H2,1H3. The van der Waals surface area contributed by atoms with E-state index in [0.29, 0.717) is 6.61 Å². The van der Waals surface area contributed by atoms with Gasteiger partial charge >= 0.3 is 0 Å². The number of aliphatic hydroxyl groups excluding tert-OH is 1. The van der Waals surface area contributed by atoms with Crippen LogP contribution in [0.2, 0.25) is 0 Å². The molecule has 1 heterocycles. The lowest BCUT2D eigenvalue weighted by atomic mass is 9.70. The zero-order valence-corrected chi connectivity index (χ0v) is 9.34. The Labute approximate surface area is 87.3 Å². The summed E-state index contributed by atoms with van der Waals surface area (Å²) in [6.45, 7) is 2.74. The number of nitrogens with zero attached hydrogens (tertiary/aromatic N) is 1. The molecule has 1 N–H and O–H groups in total. The van der Waals surface area contributed by atoms with E-state index in [1.54, 1.807) is 0 Å². The van der Waals surface area contributed by atoms with E-state index in [1.165, 1.54) is 45.1 Å². The van der Waals surface area contributed by atoms with E-state index in [0.717, 1.165) is 12.5 Å². The number of hydrogen-bond acceptors (Lipinski definition) is 2. The molecule has 14 heavy (non-hydrogen) atoms. The lowest BCUT2D eigenvalue weighted by molar-refractivity contribution is -0.00382. The van der Waals surface area contributed by atoms with Gasteiger partial charge in [0.2, 0.25) is 0 Å². The zero-order chi connectivity index (χ0) is 10.0. The number of hydrogen-bond donors (Lipinski definition) is 1. The fraction of sp³-hybridized carbons (Fsp3) is 1.00. The molecule has 0 aromatic rings. The van der Waals surface area contributed by atoms with Gasteiger partial charge in [-0.2, -0.15) is 0 Å². The highest BCUT2D eigenvalue weighted by atomic mass is 16.3. The molecule has 2 aliphatic rings. The topological polar surface area (TPSA) is 23.5 Å². The summed E-state index contributed by atoms with van der Waals surface area (Å²) in [6.07, 6.45) is 8.00. The van der Waals surface area contributed by atoms with Gasteiger partial charge in [0.1, 0.15) is 0 Å². The minimum Gasteiger partial charge on any atom is -0.396 e. The summed E-state index contributed by atoms with van der Waals surface area (Å²) in [5.74, 6) is 0.801. The van der Waals surface area contributed by atoms with Crippen molar-refractivity contribution in [2.24, 2.45) is 11.3 Å². The Bertz CT molecular complexity index is 189. The van der Waals surface area contributed by atoms with Crippen LogP contribution in [0.3, 0.4) is 0 Å². The summed E-state index contributed by atoms with van der Waals surface area (Å²) in [5.41, 5.74) is 0.253. The van der Waals surface area contributed by atoms with E-state index in [-0.39, 0.29) is 5.41 Å². The maximum absolute atomic E-state index is 9.69. The molecule has 1 atom stereocenters. The molecule has 0 aromatic carbocycles. The molecule has 1 saturated heterocycles. The Morgan fingerprint density at radius 1 is 1.29 bits per heavy atom. The predicted octanol–water partition coefficient (Wildman–Crippen LogP) is 1.88. The summed E-state index contributed by atoms with van der Waals surface area (Å²) in [4.78, 5) is 2.40. The van der Waals surface area contributed by atoms with Gasteiger partial charge in [-0.05, 0) is 45.2 Å². The van der Waals surface area contributed by atoms with Gasteiger partial charge in [0.15, 0.2) is 0 Å². The Morgan fingerprint density at radius 3 is 2.57 bits per heavy atom. The van der Waals surface area contributed by atoms with Crippen LogP contribution in [0.1, 0.15) is 38.5 Å². The van der Waals surface area contributed by atoms with Gasteiger partial charge < -0.3 is 10.0 Å². The molecule has 1 saturated carbocycles. The third kappa shape index (κ3) is 1.82.